The third-order valence-corrected chi connectivity index (χ3v) is 4.68. The molecule has 0 atom stereocenters. The van der Waals surface area contributed by atoms with Crippen molar-refractivity contribution in [1.29, 1.82) is 0 Å². The highest BCUT2D eigenvalue weighted by molar-refractivity contribution is 7.15. The van der Waals surface area contributed by atoms with Gasteiger partial charge in [-0.05, 0) is 24.5 Å². The largest absolute Gasteiger partial charge is 0.445 e. The number of benzene rings is 1. The van der Waals surface area contributed by atoms with Crippen LogP contribution < -0.4 is 5.32 Å². The molecule has 6 nitrogen and oxygen atoms in total. The van der Waals surface area contributed by atoms with Crippen LogP contribution in [0.15, 0.2) is 24.3 Å². The van der Waals surface area contributed by atoms with Crippen LogP contribution in [0.5, 0.6) is 0 Å². The summed E-state index contributed by atoms with van der Waals surface area (Å²) in [5.41, 5.74) is 0.973. The number of hydrogen-bond acceptors (Lipinski definition) is 6. The second-order valence-electron chi connectivity index (χ2n) is 5.64. The molecule has 140 valence electrons. The molecule has 0 unspecified atom stereocenters. The van der Waals surface area contributed by atoms with Gasteiger partial charge >= 0.3 is 6.18 Å². The van der Waals surface area contributed by atoms with E-state index in [2.05, 4.69) is 15.5 Å². The van der Waals surface area contributed by atoms with Gasteiger partial charge in [0.25, 0.3) is 5.91 Å². The number of ether oxygens (including phenoxy) is 2. The van der Waals surface area contributed by atoms with Gasteiger partial charge < -0.3 is 9.47 Å². The maximum absolute atomic E-state index is 12.6. The zero-order chi connectivity index (χ0) is 18.6. The van der Waals surface area contributed by atoms with Crippen LogP contribution >= 0.6 is 11.3 Å². The molecule has 1 fully saturated rings. The summed E-state index contributed by atoms with van der Waals surface area (Å²) in [4.78, 5) is 12.4. The van der Waals surface area contributed by atoms with E-state index in [1.54, 1.807) is 24.3 Å². The molecule has 1 N–H and O–H groups in total. The Bertz CT molecular complexity index is 760. The third kappa shape index (κ3) is 4.77. The molecule has 1 aromatic carbocycles. The van der Waals surface area contributed by atoms with E-state index in [1.165, 1.54) is 0 Å². The van der Waals surface area contributed by atoms with Gasteiger partial charge in [0, 0.05) is 18.8 Å². The average molecular weight is 387 g/mol. The second kappa shape index (κ2) is 8.11. The third-order valence-electron chi connectivity index (χ3n) is 3.79. The molecule has 3 rings (SSSR count). The van der Waals surface area contributed by atoms with Crippen LogP contribution in [0.1, 0.15) is 33.8 Å². The molecule has 0 aliphatic carbocycles. The Kier molecular flexibility index (Phi) is 5.84. The van der Waals surface area contributed by atoms with Gasteiger partial charge in [0.1, 0.15) is 0 Å². The predicted molar refractivity (Wildman–Crippen MR) is 87.9 cm³/mol. The first kappa shape index (κ1) is 18.7. The van der Waals surface area contributed by atoms with Crippen LogP contribution in [0.25, 0.3) is 0 Å². The number of amides is 1. The Balaban J connectivity index is 1.66. The molecule has 1 amide bonds. The highest BCUT2D eigenvalue weighted by Gasteiger charge is 2.35. The molecule has 0 radical (unpaired) electrons. The molecule has 0 spiro atoms. The normalized spacial score (nSPS) is 15.8. The Hall–Kier alpha value is -2.04. The van der Waals surface area contributed by atoms with Crippen LogP contribution in [0.3, 0.4) is 0 Å². The molecule has 10 heteroatoms. The number of nitrogens with one attached hydrogen (secondary N) is 1. The molecular weight excluding hydrogens is 371 g/mol. The minimum Gasteiger partial charge on any atom is -0.381 e. The first-order chi connectivity index (χ1) is 12.4. The van der Waals surface area contributed by atoms with Crippen molar-refractivity contribution in [3.8, 4) is 0 Å². The number of rotatable bonds is 5. The fraction of sp³-hybridized carbons (Fsp3) is 0.438. The van der Waals surface area contributed by atoms with Gasteiger partial charge in [-0.15, -0.1) is 10.2 Å². The Morgan fingerprint density at radius 3 is 2.69 bits per heavy atom. The quantitative estimate of drug-likeness (QED) is 0.850. The molecule has 1 aliphatic heterocycles. The number of aromatic nitrogens is 2. The Morgan fingerprint density at radius 2 is 2.00 bits per heavy atom. The van der Waals surface area contributed by atoms with Crippen molar-refractivity contribution in [3.05, 3.63) is 40.4 Å². The molecule has 0 saturated carbocycles. The lowest BCUT2D eigenvalue weighted by Crippen LogP contribution is -2.24. The summed E-state index contributed by atoms with van der Waals surface area (Å²) in [7, 11) is 0. The number of nitrogens with zero attached hydrogens (tertiary/aromatic N) is 2. The summed E-state index contributed by atoms with van der Waals surface area (Å²) in [6, 6.07) is 6.78. The number of halogens is 3. The Labute approximate surface area is 151 Å². The van der Waals surface area contributed by atoms with Gasteiger partial charge in [-0.3, -0.25) is 10.1 Å². The molecule has 1 aliphatic rings. The SMILES string of the molecule is O=C(Nc1nnc(C(F)(F)F)s1)c1ccccc1COC1CCOCC1. The predicted octanol–water partition coefficient (Wildman–Crippen LogP) is 3.50. The molecular formula is C16H16F3N3O3S. The van der Waals surface area contributed by atoms with E-state index in [9.17, 15) is 18.0 Å². The van der Waals surface area contributed by atoms with Crippen molar-refractivity contribution in [2.45, 2.75) is 31.7 Å². The van der Waals surface area contributed by atoms with Crippen LogP contribution in [-0.4, -0.2) is 35.4 Å². The Morgan fingerprint density at radius 1 is 1.27 bits per heavy atom. The second-order valence-corrected chi connectivity index (χ2v) is 6.62. The topological polar surface area (TPSA) is 73.3 Å². The number of anilines is 1. The van der Waals surface area contributed by atoms with Crippen molar-refractivity contribution >= 4 is 22.4 Å². The number of carbonyl (C=O) groups is 1. The summed E-state index contributed by atoms with van der Waals surface area (Å²) < 4.78 is 48.8. The summed E-state index contributed by atoms with van der Waals surface area (Å²) >= 11 is 0.280. The van der Waals surface area contributed by atoms with Gasteiger partial charge in [-0.25, -0.2) is 0 Å². The lowest BCUT2D eigenvalue weighted by atomic mass is 10.1. The van der Waals surface area contributed by atoms with E-state index < -0.39 is 17.1 Å². The van der Waals surface area contributed by atoms with Crippen LogP contribution in [0, 0.1) is 0 Å². The van der Waals surface area contributed by atoms with Crippen molar-refractivity contribution in [3.63, 3.8) is 0 Å². The molecule has 1 saturated heterocycles. The van der Waals surface area contributed by atoms with Gasteiger partial charge in [0.2, 0.25) is 10.1 Å². The number of carbonyl (C=O) groups excluding carboxylic acids is 1. The van der Waals surface area contributed by atoms with Gasteiger partial charge in [0.05, 0.1) is 12.7 Å². The van der Waals surface area contributed by atoms with E-state index in [0.29, 0.717) is 24.3 Å². The van der Waals surface area contributed by atoms with E-state index in [1.807, 2.05) is 0 Å². The van der Waals surface area contributed by atoms with Crippen molar-refractivity contribution < 1.29 is 27.4 Å². The molecule has 2 heterocycles. The lowest BCUT2D eigenvalue weighted by Gasteiger charge is -2.22. The van der Waals surface area contributed by atoms with Gasteiger partial charge in [-0.2, -0.15) is 13.2 Å². The first-order valence-electron chi connectivity index (χ1n) is 7.93. The van der Waals surface area contributed by atoms with E-state index in [4.69, 9.17) is 9.47 Å². The maximum atomic E-state index is 12.6. The standard InChI is InChI=1S/C16H16F3N3O3S/c17-16(18,19)14-21-22-15(26-14)20-13(23)12-4-2-1-3-10(12)9-25-11-5-7-24-8-6-11/h1-4,11H,5-9H2,(H,20,22,23). The highest BCUT2D eigenvalue weighted by Crippen LogP contribution is 2.33. The van der Waals surface area contributed by atoms with E-state index in [0.717, 1.165) is 12.8 Å². The maximum Gasteiger partial charge on any atom is 0.445 e. The lowest BCUT2D eigenvalue weighted by molar-refractivity contribution is -0.138. The highest BCUT2D eigenvalue weighted by atomic mass is 32.1. The van der Waals surface area contributed by atoms with Crippen molar-refractivity contribution in [2.75, 3.05) is 18.5 Å². The minimum absolute atomic E-state index is 0.0670. The molecule has 0 bridgehead atoms. The number of alkyl halides is 3. The fourth-order valence-electron chi connectivity index (χ4n) is 2.47. The van der Waals surface area contributed by atoms with E-state index >= 15 is 0 Å². The zero-order valence-electron chi connectivity index (χ0n) is 13.6. The van der Waals surface area contributed by atoms with E-state index in [-0.39, 0.29) is 29.2 Å². The monoisotopic (exact) mass is 387 g/mol. The van der Waals surface area contributed by atoms with Crippen LogP contribution in [-0.2, 0) is 22.3 Å². The molecule has 1 aromatic heterocycles. The van der Waals surface area contributed by atoms with Crippen molar-refractivity contribution in [2.24, 2.45) is 0 Å². The first-order valence-corrected chi connectivity index (χ1v) is 8.74. The van der Waals surface area contributed by atoms with Gasteiger partial charge in [0.15, 0.2) is 0 Å². The van der Waals surface area contributed by atoms with Crippen molar-refractivity contribution in [1.82, 2.24) is 10.2 Å². The smallest absolute Gasteiger partial charge is 0.381 e. The fourth-order valence-corrected chi connectivity index (χ4v) is 3.08. The summed E-state index contributed by atoms with van der Waals surface area (Å²) in [5.74, 6) is -0.555. The molecule has 26 heavy (non-hydrogen) atoms. The average Bonchev–Trinajstić information content (AvgIpc) is 3.10. The summed E-state index contributed by atoms with van der Waals surface area (Å²) in [6.07, 6.45) is -2.94. The minimum atomic E-state index is -4.59. The van der Waals surface area contributed by atoms with Crippen LogP contribution in [0.2, 0.25) is 0 Å². The number of hydrogen-bond donors (Lipinski definition) is 1. The summed E-state index contributed by atoms with van der Waals surface area (Å²) in [6.45, 7) is 1.52. The van der Waals surface area contributed by atoms with Crippen LogP contribution in [0.4, 0.5) is 18.3 Å². The zero-order valence-corrected chi connectivity index (χ0v) is 14.4. The summed E-state index contributed by atoms with van der Waals surface area (Å²) in [5, 5.41) is 7.46. The van der Waals surface area contributed by atoms with Gasteiger partial charge in [-0.1, -0.05) is 29.5 Å². The molecule has 2 aromatic rings.